The van der Waals surface area contributed by atoms with Crippen molar-refractivity contribution in [1.29, 1.82) is 0 Å². The number of ether oxygens (including phenoxy) is 1. The Labute approximate surface area is 154 Å². The van der Waals surface area contributed by atoms with Gasteiger partial charge in [0.2, 0.25) is 12.3 Å². The van der Waals surface area contributed by atoms with E-state index in [1.807, 2.05) is 27.7 Å². The van der Waals surface area contributed by atoms with Crippen LogP contribution in [0.25, 0.3) is 0 Å². The molecule has 2 amide bonds. The minimum atomic E-state index is -0.684. The van der Waals surface area contributed by atoms with Crippen molar-refractivity contribution >= 4 is 30.0 Å². The zero-order valence-corrected chi connectivity index (χ0v) is 16.4. The number of esters is 1. The SMILES string of the molecule is CC(C)C(NC(=O)C1CSC(C)(C)N1C=O)C(=O)OC1CCCCC1. The maximum absolute atomic E-state index is 12.7. The molecule has 2 aliphatic rings. The summed E-state index contributed by atoms with van der Waals surface area (Å²) in [5.41, 5.74) is 0. The summed E-state index contributed by atoms with van der Waals surface area (Å²) in [7, 11) is 0. The maximum atomic E-state index is 12.7. The Morgan fingerprint density at radius 3 is 2.44 bits per heavy atom. The summed E-state index contributed by atoms with van der Waals surface area (Å²) in [5, 5.41) is 2.82. The maximum Gasteiger partial charge on any atom is 0.329 e. The molecule has 0 spiro atoms. The van der Waals surface area contributed by atoms with Crippen molar-refractivity contribution in [2.45, 2.75) is 82.9 Å². The Bertz CT molecular complexity index is 503. The summed E-state index contributed by atoms with van der Waals surface area (Å²) in [5.74, 6) is -0.200. The van der Waals surface area contributed by atoms with E-state index in [1.54, 1.807) is 11.8 Å². The van der Waals surface area contributed by atoms with E-state index in [0.717, 1.165) is 32.1 Å². The molecule has 6 nitrogen and oxygen atoms in total. The molecular formula is C18H30N2O4S. The molecule has 25 heavy (non-hydrogen) atoms. The molecule has 2 fully saturated rings. The number of nitrogens with one attached hydrogen (secondary N) is 1. The normalized spacial score (nSPS) is 24.8. The van der Waals surface area contributed by atoms with Gasteiger partial charge in [-0.1, -0.05) is 20.3 Å². The van der Waals surface area contributed by atoms with E-state index in [0.29, 0.717) is 5.75 Å². The van der Waals surface area contributed by atoms with E-state index in [-0.39, 0.29) is 23.9 Å². The number of carbonyl (C=O) groups excluding carboxylic acids is 3. The van der Waals surface area contributed by atoms with Gasteiger partial charge in [0.05, 0.1) is 4.87 Å². The summed E-state index contributed by atoms with van der Waals surface area (Å²) >= 11 is 1.56. The van der Waals surface area contributed by atoms with Gasteiger partial charge in [-0.05, 0) is 45.4 Å². The molecule has 0 aromatic heterocycles. The molecule has 1 heterocycles. The van der Waals surface area contributed by atoms with Gasteiger partial charge in [0.15, 0.2) is 0 Å². The molecule has 2 unspecified atom stereocenters. The van der Waals surface area contributed by atoms with Crippen LogP contribution >= 0.6 is 11.8 Å². The van der Waals surface area contributed by atoms with Crippen LogP contribution in [-0.2, 0) is 19.1 Å². The van der Waals surface area contributed by atoms with Crippen molar-refractivity contribution in [2.24, 2.45) is 5.92 Å². The quantitative estimate of drug-likeness (QED) is 0.574. The van der Waals surface area contributed by atoms with E-state index in [4.69, 9.17) is 4.74 Å². The Morgan fingerprint density at radius 2 is 1.88 bits per heavy atom. The fourth-order valence-electron chi connectivity index (χ4n) is 3.38. The standard InChI is InChI=1S/C18H30N2O4S/c1-12(2)15(17(23)24-13-8-6-5-7-9-13)19-16(22)14-10-25-18(3,4)20(14)11-21/h11-15H,5-10H2,1-4H3,(H,19,22). The number of nitrogens with zero attached hydrogens (tertiary/aromatic N) is 1. The number of carbonyl (C=O) groups is 3. The van der Waals surface area contributed by atoms with Crippen LogP contribution in [0.2, 0.25) is 0 Å². The highest BCUT2D eigenvalue weighted by molar-refractivity contribution is 8.00. The van der Waals surface area contributed by atoms with Gasteiger partial charge in [0.1, 0.15) is 18.2 Å². The van der Waals surface area contributed by atoms with Crippen molar-refractivity contribution in [3.8, 4) is 0 Å². The first-order chi connectivity index (χ1) is 11.8. The van der Waals surface area contributed by atoms with E-state index >= 15 is 0 Å². The number of rotatable bonds is 6. The lowest BCUT2D eigenvalue weighted by Gasteiger charge is -2.32. The van der Waals surface area contributed by atoms with Crippen molar-refractivity contribution in [2.75, 3.05) is 5.75 Å². The van der Waals surface area contributed by atoms with Gasteiger partial charge in [-0.2, -0.15) is 0 Å². The third-order valence-electron chi connectivity index (χ3n) is 5.02. The number of hydrogen-bond donors (Lipinski definition) is 1. The predicted octanol–water partition coefficient (Wildman–Crippen LogP) is 2.31. The lowest BCUT2D eigenvalue weighted by Crippen LogP contribution is -2.54. The van der Waals surface area contributed by atoms with Gasteiger partial charge in [-0.25, -0.2) is 4.79 Å². The summed E-state index contributed by atoms with van der Waals surface area (Å²) in [4.78, 5) is 37.7. The van der Waals surface area contributed by atoms with Crippen molar-refractivity contribution in [3.63, 3.8) is 0 Å². The topological polar surface area (TPSA) is 75.7 Å². The first-order valence-electron chi connectivity index (χ1n) is 9.15. The predicted molar refractivity (Wildman–Crippen MR) is 98.0 cm³/mol. The first-order valence-corrected chi connectivity index (χ1v) is 10.1. The van der Waals surface area contributed by atoms with Gasteiger partial charge in [0.25, 0.3) is 0 Å². The third kappa shape index (κ3) is 4.90. The highest BCUT2D eigenvalue weighted by atomic mass is 32.2. The second-order valence-corrected chi connectivity index (χ2v) is 9.33. The van der Waals surface area contributed by atoms with Crippen molar-refractivity contribution in [1.82, 2.24) is 10.2 Å². The average Bonchev–Trinajstić information content (AvgIpc) is 2.87. The molecule has 2 rings (SSSR count). The smallest absolute Gasteiger partial charge is 0.329 e. The van der Waals surface area contributed by atoms with Crippen LogP contribution < -0.4 is 5.32 Å². The summed E-state index contributed by atoms with van der Waals surface area (Å²) < 4.78 is 5.63. The lowest BCUT2D eigenvalue weighted by molar-refractivity contribution is -0.156. The molecule has 1 N–H and O–H groups in total. The van der Waals surface area contributed by atoms with Crippen LogP contribution in [0.1, 0.15) is 59.8 Å². The molecule has 2 atom stereocenters. The minimum Gasteiger partial charge on any atom is -0.461 e. The number of hydrogen-bond acceptors (Lipinski definition) is 5. The van der Waals surface area contributed by atoms with Crippen molar-refractivity contribution < 1.29 is 19.1 Å². The summed E-state index contributed by atoms with van der Waals surface area (Å²) in [6.07, 6.45) is 5.84. The van der Waals surface area contributed by atoms with Crippen LogP contribution in [0.15, 0.2) is 0 Å². The van der Waals surface area contributed by atoms with Crippen LogP contribution in [0.3, 0.4) is 0 Å². The van der Waals surface area contributed by atoms with E-state index in [2.05, 4.69) is 5.32 Å². The Balaban J connectivity index is 1.99. The molecule has 0 radical (unpaired) electrons. The van der Waals surface area contributed by atoms with E-state index in [1.165, 1.54) is 11.3 Å². The van der Waals surface area contributed by atoms with Gasteiger partial charge in [-0.3, -0.25) is 9.59 Å². The fourth-order valence-corrected chi connectivity index (χ4v) is 4.58. The van der Waals surface area contributed by atoms with Gasteiger partial charge in [0, 0.05) is 5.75 Å². The van der Waals surface area contributed by atoms with Gasteiger partial charge >= 0.3 is 5.97 Å². The molecular weight excluding hydrogens is 340 g/mol. The Hall–Kier alpha value is -1.24. The summed E-state index contributed by atoms with van der Waals surface area (Å²) in [6.45, 7) is 7.60. The highest BCUT2D eigenvalue weighted by Gasteiger charge is 2.44. The third-order valence-corrected chi connectivity index (χ3v) is 6.42. The zero-order chi connectivity index (χ0) is 18.6. The average molecular weight is 371 g/mol. The van der Waals surface area contributed by atoms with Crippen molar-refractivity contribution in [3.05, 3.63) is 0 Å². The molecule has 1 aliphatic heterocycles. The fraction of sp³-hybridized carbons (Fsp3) is 0.833. The molecule has 1 saturated heterocycles. The van der Waals surface area contributed by atoms with E-state index < -0.39 is 17.0 Å². The Kier molecular flexibility index (Phi) is 6.77. The van der Waals surface area contributed by atoms with Crippen LogP contribution in [0, 0.1) is 5.92 Å². The number of amides is 2. The van der Waals surface area contributed by atoms with Gasteiger partial charge < -0.3 is 15.0 Å². The monoisotopic (exact) mass is 370 g/mol. The molecule has 1 saturated carbocycles. The molecule has 142 valence electrons. The Morgan fingerprint density at radius 1 is 1.24 bits per heavy atom. The van der Waals surface area contributed by atoms with Crippen LogP contribution in [-0.4, -0.2) is 52.0 Å². The second-order valence-electron chi connectivity index (χ2n) is 7.71. The van der Waals surface area contributed by atoms with E-state index in [9.17, 15) is 14.4 Å². The second kappa shape index (κ2) is 8.43. The number of thioether (sulfide) groups is 1. The van der Waals surface area contributed by atoms with Gasteiger partial charge in [-0.15, -0.1) is 11.8 Å². The largest absolute Gasteiger partial charge is 0.461 e. The molecule has 0 aromatic rings. The highest BCUT2D eigenvalue weighted by Crippen LogP contribution is 2.37. The summed E-state index contributed by atoms with van der Waals surface area (Å²) in [6, 6.07) is -1.24. The molecule has 1 aliphatic carbocycles. The molecule has 0 bridgehead atoms. The van der Waals surface area contributed by atoms with Crippen LogP contribution in [0.4, 0.5) is 0 Å². The lowest BCUT2D eigenvalue weighted by atomic mass is 9.97. The molecule has 0 aromatic carbocycles. The van der Waals surface area contributed by atoms with Crippen LogP contribution in [0.5, 0.6) is 0 Å². The zero-order valence-electron chi connectivity index (χ0n) is 15.6. The minimum absolute atomic E-state index is 0.0353. The first kappa shape index (κ1) is 20.1. The molecule has 7 heteroatoms.